The Morgan fingerprint density at radius 2 is 1.69 bits per heavy atom. The SMILES string of the molecule is O=C(Nc1cccc(C(F)(F)F)c1)c1ccc2c(NCc3ccccc3)nnc(Cl)c2c1. The quantitative estimate of drug-likeness (QED) is 0.377. The molecule has 0 bridgehead atoms. The van der Waals surface area contributed by atoms with Crippen LogP contribution >= 0.6 is 11.6 Å². The lowest BCUT2D eigenvalue weighted by Crippen LogP contribution is -2.13. The first-order chi connectivity index (χ1) is 15.3. The molecule has 1 amide bonds. The monoisotopic (exact) mass is 456 g/mol. The molecule has 2 N–H and O–H groups in total. The average Bonchev–Trinajstić information content (AvgIpc) is 2.79. The van der Waals surface area contributed by atoms with Gasteiger partial charge in [0.25, 0.3) is 5.91 Å². The molecular formula is C23H16ClF3N4O. The van der Waals surface area contributed by atoms with Crippen LogP contribution in [0.5, 0.6) is 0 Å². The average molecular weight is 457 g/mol. The molecule has 0 saturated heterocycles. The van der Waals surface area contributed by atoms with Gasteiger partial charge in [0, 0.05) is 28.6 Å². The minimum atomic E-state index is -4.50. The number of nitrogens with one attached hydrogen (secondary N) is 2. The highest BCUT2D eigenvalue weighted by Crippen LogP contribution is 2.31. The summed E-state index contributed by atoms with van der Waals surface area (Å²) in [4.78, 5) is 12.6. The van der Waals surface area contributed by atoms with E-state index in [-0.39, 0.29) is 16.4 Å². The Labute approximate surface area is 186 Å². The third-order valence-electron chi connectivity index (χ3n) is 4.75. The van der Waals surface area contributed by atoms with Gasteiger partial charge in [-0.05, 0) is 42.0 Å². The Balaban J connectivity index is 1.58. The maximum atomic E-state index is 12.9. The number of rotatable bonds is 5. The van der Waals surface area contributed by atoms with Gasteiger partial charge < -0.3 is 10.6 Å². The third-order valence-corrected chi connectivity index (χ3v) is 5.03. The lowest BCUT2D eigenvalue weighted by Gasteiger charge is -2.12. The number of hydrogen-bond donors (Lipinski definition) is 2. The van der Waals surface area contributed by atoms with E-state index in [2.05, 4.69) is 20.8 Å². The normalized spacial score (nSPS) is 11.4. The zero-order chi connectivity index (χ0) is 22.7. The molecule has 0 fully saturated rings. The summed E-state index contributed by atoms with van der Waals surface area (Å²) in [7, 11) is 0. The summed E-state index contributed by atoms with van der Waals surface area (Å²) in [6.45, 7) is 0.518. The van der Waals surface area contributed by atoms with E-state index in [0.717, 1.165) is 17.7 Å². The van der Waals surface area contributed by atoms with Crippen molar-refractivity contribution in [3.8, 4) is 0 Å². The van der Waals surface area contributed by atoms with Crippen molar-refractivity contribution >= 4 is 39.8 Å². The van der Waals surface area contributed by atoms with Gasteiger partial charge >= 0.3 is 6.18 Å². The summed E-state index contributed by atoms with van der Waals surface area (Å²) < 4.78 is 38.7. The number of carbonyl (C=O) groups is 1. The standard InChI is InChI=1S/C23H16ClF3N4O/c24-20-19-11-15(22(32)29-17-8-4-7-16(12-17)23(25,26)27)9-10-18(19)21(31-30-20)28-13-14-5-2-1-3-6-14/h1-12H,13H2,(H,28,31)(H,29,32). The van der Waals surface area contributed by atoms with Crippen molar-refractivity contribution in [2.24, 2.45) is 0 Å². The number of aromatic nitrogens is 2. The van der Waals surface area contributed by atoms with Gasteiger partial charge in [-0.1, -0.05) is 48.0 Å². The number of hydrogen-bond acceptors (Lipinski definition) is 4. The Kier molecular flexibility index (Phi) is 5.96. The van der Waals surface area contributed by atoms with Crippen molar-refractivity contribution in [3.63, 3.8) is 0 Å². The van der Waals surface area contributed by atoms with Crippen molar-refractivity contribution < 1.29 is 18.0 Å². The molecule has 0 unspecified atom stereocenters. The molecule has 0 atom stereocenters. The van der Waals surface area contributed by atoms with E-state index in [4.69, 9.17) is 11.6 Å². The fourth-order valence-electron chi connectivity index (χ4n) is 3.15. The van der Waals surface area contributed by atoms with Crippen LogP contribution < -0.4 is 10.6 Å². The number of alkyl halides is 3. The molecule has 4 aromatic rings. The molecule has 1 aromatic heterocycles. The second-order valence-corrected chi connectivity index (χ2v) is 7.33. The zero-order valence-corrected chi connectivity index (χ0v) is 17.2. The van der Waals surface area contributed by atoms with Gasteiger partial charge in [-0.2, -0.15) is 13.2 Å². The van der Waals surface area contributed by atoms with Crippen LogP contribution in [-0.4, -0.2) is 16.1 Å². The molecule has 5 nitrogen and oxygen atoms in total. The Hall–Kier alpha value is -3.65. The molecule has 0 aliphatic rings. The van der Waals surface area contributed by atoms with Crippen LogP contribution in [0.25, 0.3) is 10.8 Å². The van der Waals surface area contributed by atoms with Crippen molar-refractivity contribution in [1.82, 2.24) is 10.2 Å². The molecule has 0 spiro atoms. The number of halogens is 4. The van der Waals surface area contributed by atoms with Crippen molar-refractivity contribution in [2.75, 3.05) is 10.6 Å². The first kappa shape index (κ1) is 21.6. The van der Waals surface area contributed by atoms with Gasteiger partial charge in [-0.25, -0.2) is 0 Å². The summed E-state index contributed by atoms with van der Waals surface area (Å²) in [5, 5.41) is 15.0. The number of fused-ring (bicyclic) bond motifs is 1. The van der Waals surface area contributed by atoms with Crippen LogP contribution in [0.4, 0.5) is 24.7 Å². The molecule has 1 heterocycles. The maximum absolute atomic E-state index is 12.9. The number of nitrogens with zero attached hydrogens (tertiary/aromatic N) is 2. The van der Waals surface area contributed by atoms with Gasteiger partial charge in [-0.15, -0.1) is 10.2 Å². The number of amides is 1. The van der Waals surface area contributed by atoms with Gasteiger partial charge in [-0.3, -0.25) is 4.79 Å². The van der Waals surface area contributed by atoms with E-state index < -0.39 is 17.6 Å². The van der Waals surface area contributed by atoms with Crippen molar-refractivity contribution in [2.45, 2.75) is 12.7 Å². The van der Waals surface area contributed by atoms with Crippen LogP contribution in [0.2, 0.25) is 5.15 Å². The van der Waals surface area contributed by atoms with E-state index >= 15 is 0 Å². The Morgan fingerprint density at radius 3 is 2.44 bits per heavy atom. The zero-order valence-electron chi connectivity index (χ0n) is 16.4. The van der Waals surface area contributed by atoms with E-state index in [0.29, 0.717) is 23.1 Å². The predicted octanol–water partition coefficient (Wildman–Crippen LogP) is 6.17. The number of anilines is 2. The van der Waals surface area contributed by atoms with Gasteiger partial charge in [0.2, 0.25) is 0 Å². The molecule has 4 rings (SSSR count). The predicted molar refractivity (Wildman–Crippen MR) is 118 cm³/mol. The van der Waals surface area contributed by atoms with Crippen LogP contribution in [0, 0.1) is 0 Å². The molecular weight excluding hydrogens is 441 g/mol. The molecule has 0 aliphatic carbocycles. The van der Waals surface area contributed by atoms with Crippen LogP contribution in [-0.2, 0) is 12.7 Å². The van der Waals surface area contributed by atoms with E-state index in [1.54, 1.807) is 12.1 Å². The van der Waals surface area contributed by atoms with Crippen molar-refractivity contribution in [3.05, 3.63) is 94.6 Å². The molecule has 3 aromatic carbocycles. The molecule has 9 heteroatoms. The topological polar surface area (TPSA) is 66.9 Å². The van der Waals surface area contributed by atoms with Gasteiger partial charge in [0.05, 0.1) is 5.56 Å². The maximum Gasteiger partial charge on any atom is 0.416 e. The van der Waals surface area contributed by atoms with Gasteiger partial charge in [0.1, 0.15) is 0 Å². The number of carbonyl (C=O) groups excluding carboxylic acids is 1. The molecule has 32 heavy (non-hydrogen) atoms. The summed E-state index contributed by atoms with van der Waals surface area (Å²) in [6, 6.07) is 18.9. The first-order valence-electron chi connectivity index (χ1n) is 9.53. The largest absolute Gasteiger partial charge is 0.416 e. The summed E-state index contributed by atoms with van der Waals surface area (Å²) >= 11 is 6.20. The van der Waals surface area contributed by atoms with Gasteiger partial charge in [0.15, 0.2) is 11.0 Å². The van der Waals surface area contributed by atoms with E-state index in [9.17, 15) is 18.0 Å². The fourth-order valence-corrected chi connectivity index (χ4v) is 3.35. The smallest absolute Gasteiger partial charge is 0.364 e. The molecule has 0 saturated carbocycles. The van der Waals surface area contributed by atoms with Crippen LogP contribution in [0.3, 0.4) is 0 Å². The lowest BCUT2D eigenvalue weighted by atomic mass is 10.1. The highest BCUT2D eigenvalue weighted by molar-refractivity contribution is 6.34. The fraction of sp³-hybridized carbons (Fsp3) is 0.0870. The van der Waals surface area contributed by atoms with Crippen LogP contribution in [0.1, 0.15) is 21.5 Å². The number of benzene rings is 3. The minimum Gasteiger partial charge on any atom is -0.364 e. The second-order valence-electron chi connectivity index (χ2n) is 6.97. The highest BCUT2D eigenvalue weighted by Gasteiger charge is 2.30. The summed E-state index contributed by atoms with van der Waals surface area (Å²) in [6.07, 6.45) is -4.50. The minimum absolute atomic E-state index is 0.0362. The molecule has 0 radical (unpaired) electrons. The molecule has 162 valence electrons. The van der Waals surface area contributed by atoms with Crippen molar-refractivity contribution in [1.29, 1.82) is 0 Å². The van der Waals surface area contributed by atoms with E-state index in [1.165, 1.54) is 18.2 Å². The Morgan fingerprint density at radius 1 is 0.906 bits per heavy atom. The third kappa shape index (κ3) is 4.81. The highest BCUT2D eigenvalue weighted by atomic mass is 35.5. The van der Waals surface area contributed by atoms with E-state index in [1.807, 2.05) is 30.3 Å². The first-order valence-corrected chi connectivity index (χ1v) is 9.91. The Bertz CT molecular complexity index is 1280. The second kappa shape index (κ2) is 8.84. The summed E-state index contributed by atoms with van der Waals surface area (Å²) in [5.41, 5.74) is 0.462. The molecule has 0 aliphatic heterocycles. The summed E-state index contributed by atoms with van der Waals surface area (Å²) in [5.74, 6) is -0.0732. The van der Waals surface area contributed by atoms with Crippen LogP contribution in [0.15, 0.2) is 72.8 Å². The lowest BCUT2D eigenvalue weighted by molar-refractivity contribution is -0.137.